The fourth-order valence-electron chi connectivity index (χ4n) is 5.43. The first-order chi connectivity index (χ1) is 25.6. The number of carboxylic acids is 1. The van der Waals surface area contributed by atoms with E-state index in [0.29, 0.717) is 19.3 Å². The van der Waals surface area contributed by atoms with Crippen LogP contribution in [0.4, 0.5) is 0 Å². The van der Waals surface area contributed by atoms with Gasteiger partial charge in [0.1, 0.15) is 6.61 Å². The monoisotopic (exact) mass is 743 g/mol. The van der Waals surface area contributed by atoms with Gasteiger partial charge in [-0.15, -0.1) is 0 Å². The molecular weight excluding hydrogens is 666 g/mol. The molecule has 0 bridgehead atoms. The largest absolute Gasteiger partial charge is 0.477 e. The zero-order chi connectivity index (χ0) is 39.3. The molecule has 2 unspecified atom stereocenters. The van der Waals surface area contributed by atoms with Crippen LogP contribution in [0.15, 0.2) is 72.9 Å². The molecule has 0 aliphatic heterocycles. The summed E-state index contributed by atoms with van der Waals surface area (Å²) in [6.07, 6.45) is 43.9. The van der Waals surface area contributed by atoms with Crippen molar-refractivity contribution in [1.29, 1.82) is 0 Å². The third-order valence-corrected chi connectivity index (χ3v) is 8.60. The van der Waals surface area contributed by atoms with E-state index < -0.39 is 18.1 Å². The van der Waals surface area contributed by atoms with Gasteiger partial charge in [-0.1, -0.05) is 125 Å². The minimum Gasteiger partial charge on any atom is -0.477 e. The van der Waals surface area contributed by atoms with Crippen LogP contribution in [0, 0.1) is 0 Å². The Hall–Kier alpha value is -3.23. The number of allylic oxidation sites excluding steroid dienone is 12. The van der Waals surface area contributed by atoms with E-state index in [2.05, 4.69) is 74.6 Å². The quantitative estimate of drug-likeness (QED) is 0.0299. The fourth-order valence-corrected chi connectivity index (χ4v) is 5.43. The van der Waals surface area contributed by atoms with Crippen molar-refractivity contribution in [3.05, 3.63) is 72.9 Å². The van der Waals surface area contributed by atoms with Gasteiger partial charge in [0.25, 0.3) is 0 Å². The summed E-state index contributed by atoms with van der Waals surface area (Å²) in [6, 6.07) is -0.629. The summed E-state index contributed by atoms with van der Waals surface area (Å²) in [5.74, 6) is -1.60. The zero-order valence-electron chi connectivity index (χ0n) is 34.2. The second-order valence-electron chi connectivity index (χ2n) is 14.5. The molecule has 0 spiro atoms. The minimum atomic E-state index is -0.890. The first kappa shape index (κ1) is 49.8. The lowest BCUT2D eigenvalue weighted by Gasteiger charge is -2.31. The maximum absolute atomic E-state index is 12.7. The second kappa shape index (κ2) is 35.8. The number of esters is 2. The summed E-state index contributed by atoms with van der Waals surface area (Å²) in [6.45, 7) is 4.49. The van der Waals surface area contributed by atoms with Crippen molar-refractivity contribution >= 4 is 17.9 Å². The van der Waals surface area contributed by atoms with Crippen molar-refractivity contribution in [3.8, 4) is 0 Å². The molecule has 0 saturated heterocycles. The Labute approximate surface area is 323 Å². The van der Waals surface area contributed by atoms with Gasteiger partial charge in [0.15, 0.2) is 12.1 Å². The lowest BCUT2D eigenvalue weighted by atomic mass is 10.1. The van der Waals surface area contributed by atoms with Gasteiger partial charge in [0.2, 0.25) is 0 Å². The summed E-state index contributed by atoms with van der Waals surface area (Å²) >= 11 is 0. The smallest absolute Gasteiger partial charge is 0.362 e. The molecule has 53 heavy (non-hydrogen) atoms. The van der Waals surface area contributed by atoms with Crippen LogP contribution in [0.2, 0.25) is 0 Å². The highest BCUT2D eigenvalue weighted by molar-refractivity contribution is 5.72. The number of nitrogens with zero attached hydrogens (tertiary/aromatic N) is 1. The van der Waals surface area contributed by atoms with E-state index >= 15 is 0 Å². The van der Waals surface area contributed by atoms with Gasteiger partial charge in [-0.3, -0.25) is 9.59 Å². The van der Waals surface area contributed by atoms with Crippen LogP contribution in [0.5, 0.6) is 0 Å². The number of hydrogen-bond acceptors (Lipinski definition) is 6. The average molecular weight is 743 g/mol. The molecule has 0 amide bonds. The predicted octanol–water partition coefficient (Wildman–Crippen LogP) is 10.8. The van der Waals surface area contributed by atoms with Crippen LogP contribution in [-0.4, -0.2) is 80.6 Å². The molecule has 0 aromatic rings. The van der Waals surface area contributed by atoms with E-state index in [1.54, 1.807) is 0 Å². The molecule has 0 fully saturated rings. The number of likely N-dealkylation sites (N-methyl/N-ethyl adjacent to an activating group) is 1. The van der Waals surface area contributed by atoms with Gasteiger partial charge in [-0.25, -0.2) is 4.79 Å². The number of carbonyl (C=O) groups excluding carboxylic acids is 2. The fraction of sp³-hybridized carbons (Fsp3) is 0.667. The van der Waals surface area contributed by atoms with E-state index in [9.17, 15) is 19.5 Å². The van der Waals surface area contributed by atoms with Crippen molar-refractivity contribution in [2.75, 3.05) is 41.0 Å². The number of hydrogen-bond donors (Lipinski definition) is 1. The van der Waals surface area contributed by atoms with Crippen molar-refractivity contribution in [2.24, 2.45) is 0 Å². The molecule has 0 aliphatic carbocycles. The van der Waals surface area contributed by atoms with E-state index in [1.807, 2.05) is 33.3 Å². The number of ether oxygens (including phenoxy) is 3. The van der Waals surface area contributed by atoms with E-state index in [4.69, 9.17) is 14.2 Å². The van der Waals surface area contributed by atoms with Crippen molar-refractivity contribution in [3.63, 3.8) is 0 Å². The SMILES string of the molecule is CC/C=C/C/C=C/C/C=C/C/C=C/C/C=C/CCC(=O)OCC(COCCC(C(=O)O)[N+](C)(C)C)OC(=O)CCCCC/C=C/CCCCCCCC. The number of aliphatic carboxylic acids is 1. The molecule has 0 radical (unpaired) electrons. The van der Waals surface area contributed by atoms with Crippen molar-refractivity contribution in [1.82, 2.24) is 0 Å². The number of quaternary nitrogens is 1. The summed E-state index contributed by atoms with van der Waals surface area (Å²) in [5.41, 5.74) is 0. The lowest BCUT2D eigenvalue weighted by molar-refractivity contribution is -0.887. The number of carbonyl (C=O) groups is 3. The molecule has 0 aliphatic rings. The molecule has 0 heterocycles. The molecule has 0 saturated carbocycles. The van der Waals surface area contributed by atoms with Crippen LogP contribution in [-0.2, 0) is 28.6 Å². The topological polar surface area (TPSA) is 99.1 Å². The third kappa shape index (κ3) is 34.3. The maximum atomic E-state index is 12.7. The molecule has 2 atom stereocenters. The molecule has 0 aromatic heterocycles. The highest BCUT2D eigenvalue weighted by atomic mass is 16.6. The second-order valence-corrected chi connectivity index (χ2v) is 14.5. The Morgan fingerprint density at radius 2 is 1.09 bits per heavy atom. The third-order valence-electron chi connectivity index (χ3n) is 8.60. The van der Waals surface area contributed by atoms with Gasteiger partial charge in [0, 0.05) is 19.3 Å². The number of rotatable bonds is 35. The molecule has 302 valence electrons. The number of unbranched alkanes of at least 4 members (excludes halogenated alkanes) is 9. The normalized spacial score (nSPS) is 13.8. The van der Waals surface area contributed by atoms with Gasteiger partial charge in [0.05, 0.1) is 34.4 Å². The standard InChI is InChI=1S/C45H75NO7/c1-6-8-10-12-14-16-18-20-21-22-24-25-27-29-31-33-35-43(47)52-40-41(39-51-38-37-42(45(49)50)46(3,4)5)53-44(48)36-34-32-30-28-26-23-19-17-15-13-11-9-7-2/h8,10,14,16,20-21,23-26,29,31,41-42H,6-7,9,11-13,15,17-19,22,27-28,30,32-40H2,1-5H3/p+1/b10-8+,16-14+,21-20+,25-24+,26-23+,31-29+. The Bertz CT molecular complexity index is 1100. The van der Waals surface area contributed by atoms with Crippen molar-refractivity contribution < 1.29 is 38.2 Å². The minimum absolute atomic E-state index is 0.0284. The lowest BCUT2D eigenvalue weighted by Crippen LogP contribution is -2.50. The van der Waals surface area contributed by atoms with Gasteiger partial charge in [-0.2, -0.15) is 0 Å². The predicted molar refractivity (Wildman–Crippen MR) is 220 cm³/mol. The first-order valence-corrected chi connectivity index (χ1v) is 20.5. The van der Waals surface area contributed by atoms with Crippen molar-refractivity contribution in [2.45, 2.75) is 154 Å². The Morgan fingerprint density at radius 1 is 0.585 bits per heavy atom. The Balaban J connectivity index is 4.54. The molecule has 0 rings (SSSR count). The summed E-state index contributed by atoms with van der Waals surface area (Å²) in [4.78, 5) is 36.8. The van der Waals surface area contributed by atoms with Crippen LogP contribution in [0.3, 0.4) is 0 Å². The molecular formula is C45H76NO7+. The summed E-state index contributed by atoms with van der Waals surface area (Å²) in [5, 5.41) is 9.59. The highest BCUT2D eigenvalue weighted by Crippen LogP contribution is 2.12. The van der Waals surface area contributed by atoms with Crippen LogP contribution >= 0.6 is 0 Å². The van der Waals surface area contributed by atoms with E-state index in [0.717, 1.165) is 64.2 Å². The molecule has 0 aromatic carbocycles. The number of carboxylic acid groups (broad SMARTS) is 1. The molecule has 8 heteroatoms. The maximum Gasteiger partial charge on any atom is 0.362 e. The Morgan fingerprint density at radius 3 is 1.64 bits per heavy atom. The zero-order valence-corrected chi connectivity index (χ0v) is 34.2. The van der Waals surface area contributed by atoms with Crippen LogP contribution < -0.4 is 0 Å². The first-order valence-electron chi connectivity index (χ1n) is 20.5. The van der Waals surface area contributed by atoms with Gasteiger partial charge >= 0.3 is 17.9 Å². The average Bonchev–Trinajstić information content (AvgIpc) is 3.11. The van der Waals surface area contributed by atoms with Crippen LogP contribution in [0.25, 0.3) is 0 Å². The highest BCUT2D eigenvalue weighted by Gasteiger charge is 2.31. The van der Waals surface area contributed by atoms with E-state index in [-0.39, 0.29) is 42.7 Å². The van der Waals surface area contributed by atoms with Gasteiger partial charge < -0.3 is 23.8 Å². The van der Waals surface area contributed by atoms with Crippen LogP contribution in [0.1, 0.15) is 142 Å². The molecule has 8 nitrogen and oxygen atoms in total. The summed E-state index contributed by atoms with van der Waals surface area (Å²) in [7, 11) is 5.49. The molecule has 1 N–H and O–H groups in total. The van der Waals surface area contributed by atoms with Gasteiger partial charge in [-0.05, 0) is 70.6 Å². The van der Waals surface area contributed by atoms with E-state index in [1.165, 1.54) is 38.5 Å². The Kier molecular flexibility index (Phi) is 33.6. The summed E-state index contributed by atoms with van der Waals surface area (Å²) < 4.78 is 17.1.